The van der Waals surface area contributed by atoms with Gasteiger partial charge in [-0.3, -0.25) is 4.79 Å². The van der Waals surface area contributed by atoms with Gasteiger partial charge >= 0.3 is 0 Å². The van der Waals surface area contributed by atoms with Gasteiger partial charge in [0.2, 0.25) is 5.91 Å². The summed E-state index contributed by atoms with van der Waals surface area (Å²) in [6, 6.07) is 5.77. The topological polar surface area (TPSA) is 49.8 Å². The fourth-order valence-corrected chi connectivity index (χ4v) is 3.02. The van der Waals surface area contributed by atoms with E-state index in [1.807, 2.05) is 25.1 Å². The molecule has 3 rings (SSSR count). The van der Waals surface area contributed by atoms with E-state index in [1.165, 1.54) is 0 Å². The summed E-state index contributed by atoms with van der Waals surface area (Å²) in [6.45, 7) is 2.64. The van der Waals surface area contributed by atoms with Crippen LogP contribution < -0.4 is 4.90 Å². The number of aliphatic hydroxyl groups is 1. The van der Waals surface area contributed by atoms with Gasteiger partial charge in [0.15, 0.2) is 0 Å². The van der Waals surface area contributed by atoms with Crippen LogP contribution in [-0.2, 0) is 9.53 Å². The van der Waals surface area contributed by atoms with E-state index >= 15 is 0 Å². The van der Waals surface area contributed by atoms with Crippen molar-refractivity contribution in [1.82, 2.24) is 0 Å². The second-order valence-corrected chi connectivity index (χ2v) is 5.43. The lowest BCUT2D eigenvalue weighted by Gasteiger charge is -2.19. The van der Waals surface area contributed by atoms with Crippen molar-refractivity contribution in [2.75, 3.05) is 18.6 Å². The Morgan fingerprint density at radius 3 is 2.95 bits per heavy atom. The number of ether oxygens (including phenoxy) is 1. The zero-order valence-electron chi connectivity index (χ0n) is 11.3. The first-order valence-electron chi connectivity index (χ1n) is 6.80. The van der Waals surface area contributed by atoms with Gasteiger partial charge in [-0.15, -0.1) is 0 Å². The number of aliphatic hydroxyl groups excluding tert-OH is 1. The smallest absolute Gasteiger partial charge is 0.234 e. The third-order valence-corrected chi connectivity index (χ3v) is 4.24. The number of hydrogen-bond donors (Lipinski definition) is 1. The average molecular weight is 261 g/mol. The molecule has 0 spiro atoms. The highest BCUT2D eigenvalue weighted by Crippen LogP contribution is 2.38. The molecule has 3 unspecified atom stereocenters. The summed E-state index contributed by atoms with van der Waals surface area (Å²) >= 11 is 0. The number of amides is 1. The van der Waals surface area contributed by atoms with E-state index in [0.29, 0.717) is 0 Å². The molecule has 0 saturated carbocycles. The van der Waals surface area contributed by atoms with Crippen LogP contribution in [0.5, 0.6) is 0 Å². The molecule has 1 saturated heterocycles. The first-order valence-corrected chi connectivity index (χ1v) is 6.80. The van der Waals surface area contributed by atoms with Gasteiger partial charge in [0.05, 0.1) is 12.0 Å². The van der Waals surface area contributed by atoms with E-state index < -0.39 is 6.10 Å². The minimum atomic E-state index is -0.596. The summed E-state index contributed by atoms with van der Waals surface area (Å²) in [5.41, 5.74) is 2.79. The number of carbonyl (C=O) groups excluding carboxylic acids is 1. The Balaban J connectivity index is 1.92. The molecule has 1 amide bonds. The largest absolute Gasteiger partial charge is 0.386 e. The minimum Gasteiger partial charge on any atom is -0.386 e. The normalized spacial score (nSPS) is 27.7. The summed E-state index contributed by atoms with van der Waals surface area (Å²) in [5.74, 6) is -0.0181. The molecule has 1 aromatic rings. The predicted molar refractivity (Wildman–Crippen MR) is 72.2 cm³/mol. The fraction of sp³-hybridized carbons (Fsp3) is 0.533. The van der Waals surface area contributed by atoms with Crippen LogP contribution >= 0.6 is 0 Å². The van der Waals surface area contributed by atoms with E-state index in [4.69, 9.17) is 4.74 Å². The highest BCUT2D eigenvalue weighted by molar-refractivity contribution is 6.04. The lowest BCUT2D eigenvalue weighted by Crippen LogP contribution is -2.22. The van der Waals surface area contributed by atoms with Gasteiger partial charge in [-0.1, -0.05) is 12.1 Å². The van der Waals surface area contributed by atoms with Crippen molar-refractivity contribution in [2.24, 2.45) is 0 Å². The lowest BCUT2D eigenvalue weighted by atomic mass is 9.96. The van der Waals surface area contributed by atoms with E-state index in [2.05, 4.69) is 0 Å². The van der Waals surface area contributed by atoms with Gasteiger partial charge < -0.3 is 14.7 Å². The summed E-state index contributed by atoms with van der Waals surface area (Å²) in [5, 5.41) is 10.3. The third kappa shape index (κ3) is 1.95. The van der Waals surface area contributed by atoms with Crippen LogP contribution in [0.2, 0.25) is 0 Å². The van der Waals surface area contributed by atoms with Crippen LogP contribution in [0, 0.1) is 0 Å². The van der Waals surface area contributed by atoms with Gasteiger partial charge in [-0.05, 0) is 37.0 Å². The van der Waals surface area contributed by atoms with Crippen LogP contribution in [0.15, 0.2) is 18.2 Å². The third-order valence-electron chi connectivity index (χ3n) is 4.24. The summed E-state index contributed by atoms with van der Waals surface area (Å²) < 4.78 is 5.53. The van der Waals surface area contributed by atoms with E-state index in [-0.39, 0.29) is 17.9 Å². The van der Waals surface area contributed by atoms with Crippen LogP contribution in [0.4, 0.5) is 5.69 Å². The number of anilines is 1. The van der Waals surface area contributed by atoms with Crippen molar-refractivity contribution >= 4 is 11.6 Å². The molecule has 0 radical (unpaired) electrons. The molecule has 2 aliphatic heterocycles. The highest BCUT2D eigenvalue weighted by Gasteiger charge is 2.33. The summed E-state index contributed by atoms with van der Waals surface area (Å²) in [4.78, 5) is 13.6. The van der Waals surface area contributed by atoms with Crippen LogP contribution in [0.25, 0.3) is 0 Å². The molecule has 102 valence electrons. The minimum absolute atomic E-state index is 0.108. The second-order valence-electron chi connectivity index (χ2n) is 5.43. The molecule has 3 atom stereocenters. The maximum Gasteiger partial charge on any atom is 0.234 e. The number of likely N-dealkylation sites (N-methyl/N-ethyl adjacent to an activating group) is 1. The van der Waals surface area contributed by atoms with E-state index in [9.17, 15) is 9.90 Å². The molecule has 2 heterocycles. The van der Waals surface area contributed by atoms with Gasteiger partial charge in [0.25, 0.3) is 0 Å². The molecule has 1 N–H and O–H groups in total. The Hall–Kier alpha value is -1.39. The molecule has 0 bridgehead atoms. The molecule has 0 aromatic heterocycles. The van der Waals surface area contributed by atoms with Crippen molar-refractivity contribution in [1.29, 1.82) is 0 Å². The van der Waals surface area contributed by atoms with Gasteiger partial charge in [-0.2, -0.15) is 0 Å². The monoisotopic (exact) mass is 261 g/mol. The molecule has 4 heteroatoms. The number of hydrogen-bond acceptors (Lipinski definition) is 3. The Bertz CT molecular complexity index is 508. The van der Waals surface area contributed by atoms with Crippen LogP contribution in [-0.4, -0.2) is 30.8 Å². The molecule has 4 nitrogen and oxygen atoms in total. The first-order chi connectivity index (χ1) is 9.09. The summed E-state index contributed by atoms with van der Waals surface area (Å²) in [6.07, 6.45) is 1.20. The average Bonchev–Trinajstić information content (AvgIpc) is 3.03. The lowest BCUT2D eigenvalue weighted by molar-refractivity contribution is -0.118. The second kappa shape index (κ2) is 4.62. The molecule has 2 aliphatic rings. The van der Waals surface area contributed by atoms with Gasteiger partial charge in [0.1, 0.15) is 6.10 Å². The Morgan fingerprint density at radius 2 is 2.26 bits per heavy atom. The summed E-state index contributed by atoms with van der Waals surface area (Å²) in [7, 11) is 1.79. The molecular weight excluding hydrogens is 242 g/mol. The maximum absolute atomic E-state index is 11.9. The number of nitrogens with zero attached hydrogens (tertiary/aromatic N) is 1. The van der Waals surface area contributed by atoms with Crippen molar-refractivity contribution in [3.63, 3.8) is 0 Å². The SMILES string of the molecule is CC1C(=O)N(C)c2ccc(C(O)C3CCCO3)cc21. The Labute approximate surface area is 113 Å². The predicted octanol–water partition coefficient (Wildman–Crippen LogP) is 1.98. The number of benzene rings is 1. The number of carbonyl (C=O) groups is 1. The van der Waals surface area contributed by atoms with Crippen molar-refractivity contribution in [3.05, 3.63) is 29.3 Å². The van der Waals surface area contributed by atoms with Crippen molar-refractivity contribution in [3.8, 4) is 0 Å². The highest BCUT2D eigenvalue weighted by atomic mass is 16.5. The Kier molecular flexibility index (Phi) is 3.07. The van der Waals surface area contributed by atoms with Crippen LogP contribution in [0.1, 0.15) is 42.9 Å². The number of fused-ring (bicyclic) bond motifs is 1. The zero-order chi connectivity index (χ0) is 13.6. The van der Waals surface area contributed by atoms with Gasteiger partial charge in [0, 0.05) is 19.3 Å². The Morgan fingerprint density at radius 1 is 1.47 bits per heavy atom. The van der Waals surface area contributed by atoms with Crippen molar-refractivity contribution < 1.29 is 14.6 Å². The first kappa shape index (κ1) is 12.6. The zero-order valence-corrected chi connectivity index (χ0v) is 11.3. The quantitative estimate of drug-likeness (QED) is 0.885. The van der Waals surface area contributed by atoms with E-state index in [0.717, 1.165) is 36.3 Å². The molecule has 1 aromatic carbocycles. The van der Waals surface area contributed by atoms with Crippen LogP contribution in [0.3, 0.4) is 0 Å². The number of rotatable bonds is 2. The molecular formula is C15H19NO3. The molecule has 0 aliphatic carbocycles. The molecule has 19 heavy (non-hydrogen) atoms. The fourth-order valence-electron chi connectivity index (χ4n) is 3.02. The van der Waals surface area contributed by atoms with E-state index in [1.54, 1.807) is 11.9 Å². The maximum atomic E-state index is 11.9. The molecule has 1 fully saturated rings. The standard InChI is InChI=1S/C15H19NO3/c1-9-11-8-10(14(17)13-4-3-7-19-13)5-6-12(11)16(2)15(9)18/h5-6,8-9,13-14,17H,3-4,7H2,1-2H3. The van der Waals surface area contributed by atoms with Gasteiger partial charge in [-0.25, -0.2) is 0 Å². The van der Waals surface area contributed by atoms with Crippen molar-refractivity contribution in [2.45, 2.75) is 37.9 Å².